The summed E-state index contributed by atoms with van der Waals surface area (Å²) >= 11 is 0. The van der Waals surface area contributed by atoms with Crippen LogP contribution in [0.2, 0.25) is 0 Å². The predicted octanol–water partition coefficient (Wildman–Crippen LogP) is 2.94. The maximum absolute atomic E-state index is 5.80. The van der Waals surface area contributed by atoms with Crippen LogP contribution in [0.1, 0.15) is 37.8 Å². The first-order chi connectivity index (χ1) is 15.8. The van der Waals surface area contributed by atoms with Gasteiger partial charge in [-0.1, -0.05) is 31.2 Å². The van der Waals surface area contributed by atoms with Gasteiger partial charge < -0.3 is 25.0 Å². The SMILES string of the molecule is CCNC(=NCc1ccccc1CN1CCN(CC)CC1)NCCCOCC1CCOC1.I. The lowest BCUT2D eigenvalue weighted by atomic mass is 10.1. The fourth-order valence-electron chi connectivity index (χ4n) is 4.22. The molecule has 0 spiro atoms. The molecule has 3 rings (SSSR count). The van der Waals surface area contributed by atoms with Gasteiger partial charge in [0.05, 0.1) is 19.8 Å². The second-order valence-corrected chi connectivity index (χ2v) is 8.76. The van der Waals surface area contributed by atoms with E-state index < -0.39 is 0 Å². The van der Waals surface area contributed by atoms with Crippen molar-refractivity contribution in [1.82, 2.24) is 20.4 Å². The van der Waals surface area contributed by atoms with Crippen LogP contribution < -0.4 is 10.6 Å². The van der Waals surface area contributed by atoms with Gasteiger partial charge in [-0.05, 0) is 37.4 Å². The second kappa shape index (κ2) is 16.6. The highest BCUT2D eigenvalue weighted by atomic mass is 127. The van der Waals surface area contributed by atoms with Gasteiger partial charge in [-0.25, -0.2) is 4.99 Å². The molecule has 2 N–H and O–H groups in total. The Morgan fingerprint density at radius 1 is 1.09 bits per heavy atom. The molecule has 33 heavy (non-hydrogen) atoms. The molecule has 0 aliphatic carbocycles. The van der Waals surface area contributed by atoms with E-state index in [0.717, 1.165) is 84.5 Å². The van der Waals surface area contributed by atoms with Crippen LogP contribution in [-0.2, 0) is 22.6 Å². The molecular formula is C25H44IN5O2. The summed E-state index contributed by atoms with van der Waals surface area (Å²) < 4.78 is 11.2. The number of ether oxygens (including phenoxy) is 2. The van der Waals surface area contributed by atoms with Gasteiger partial charge >= 0.3 is 0 Å². The molecule has 2 saturated heterocycles. The highest BCUT2D eigenvalue weighted by Crippen LogP contribution is 2.15. The van der Waals surface area contributed by atoms with Gasteiger partial charge in [0, 0.05) is 64.9 Å². The molecule has 0 amide bonds. The lowest BCUT2D eigenvalue weighted by Crippen LogP contribution is -2.45. The molecule has 0 saturated carbocycles. The van der Waals surface area contributed by atoms with E-state index in [9.17, 15) is 0 Å². The third kappa shape index (κ3) is 10.5. The Hall–Kier alpha value is -0.940. The summed E-state index contributed by atoms with van der Waals surface area (Å²) in [6.07, 6.45) is 2.10. The van der Waals surface area contributed by atoms with Gasteiger partial charge in [-0.15, -0.1) is 24.0 Å². The standard InChI is InChI=1S/C25H43N5O2.HI/c1-3-26-25(27-11-7-16-31-20-22-10-17-32-21-22)28-18-23-8-5-6-9-24(23)19-30-14-12-29(4-2)13-15-30;/h5-6,8-9,22H,3-4,7,10-21H2,1-2H3,(H2,26,27,28);1H. The normalized spacial score (nSPS) is 19.9. The number of hydrogen-bond acceptors (Lipinski definition) is 5. The molecular weight excluding hydrogens is 529 g/mol. The first-order valence-electron chi connectivity index (χ1n) is 12.5. The number of piperazine rings is 1. The zero-order valence-corrected chi connectivity index (χ0v) is 22.9. The monoisotopic (exact) mass is 573 g/mol. The molecule has 8 heteroatoms. The first-order valence-corrected chi connectivity index (χ1v) is 12.5. The number of halogens is 1. The maximum atomic E-state index is 5.80. The number of nitrogens with zero attached hydrogens (tertiary/aromatic N) is 3. The van der Waals surface area contributed by atoms with Crippen LogP contribution in [0, 0.1) is 5.92 Å². The van der Waals surface area contributed by atoms with Crippen molar-refractivity contribution in [1.29, 1.82) is 0 Å². The molecule has 2 aliphatic rings. The molecule has 1 aromatic carbocycles. The summed E-state index contributed by atoms with van der Waals surface area (Å²) in [6, 6.07) is 8.73. The summed E-state index contributed by atoms with van der Waals surface area (Å²) in [4.78, 5) is 9.94. The van der Waals surface area contributed by atoms with Crippen LogP contribution in [0.5, 0.6) is 0 Å². The van der Waals surface area contributed by atoms with E-state index in [0.29, 0.717) is 12.5 Å². The molecule has 2 fully saturated rings. The molecule has 1 atom stereocenters. The summed E-state index contributed by atoms with van der Waals surface area (Å²) in [6.45, 7) is 16.9. The van der Waals surface area contributed by atoms with Crippen molar-refractivity contribution in [2.24, 2.45) is 10.9 Å². The maximum Gasteiger partial charge on any atom is 0.191 e. The molecule has 2 aliphatic heterocycles. The number of rotatable bonds is 12. The Morgan fingerprint density at radius 3 is 2.55 bits per heavy atom. The third-order valence-electron chi connectivity index (χ3n) is 6.31. The van der Waals surface area contributed by atoms with Crippen LogP contribution in [0.3, 0.4) is 0 Å². The minimum absolute atomic E-state index is 0. The van der Waals surface area contributed by atoms with Gasteiger partial charge in [-0.3, -0.25) is 4.90 Å². The summed E-state index contributed by atoms with van der Waals surface area (Å²) in [7, 11) is 0. The Kier molecular flexibility index (Phi) is 14.3. The molecule has 1 aromatic rings. The molecule has 7 nitrogen and oxygen atoms in total. The van der Waals surface area contributed by atoms with Gasteiger partial charge in [0.2, 0.25) is 0 Å². The van der Waals surface area contributed by atoms with E-state index in [-0.39, 0.29) is 24.0 Å². The summed E-state index contributed by atoms with van der Waals surface area (Å²) in [5.41, 5.74) is 2.70. The van der Waals surface area contributed by atoms with Gasteiger partial charge in [0.15, 0.2) is 5.96 Å². The number of likely N-dealkylation sites (N-methyl/N-ethyl adjacent to an activating group) is 1. The molecule has 188 valence electrons. The van der Waals surface area contributed by atoms with E-state index in [2.05, 4.69) is 58.5 Å². The Morgan fingerprint density at radius 2 is 1.85 bits per heavy atom. The first kappa shape index (κ1) is 28.3. The Bertz CT molecular complexity index is 677. The third-order valence-corrected chi connectivity index (χ3v) is 6.31. The van der Waals surface area contributed by atoms with Crippen molar-refractivity contribution in [3.05, 3.63) is 35.4 Å². The van der Waals surface area contributed by atoms with Crippen molar-refractivity contribution >= 4 is 29.9 Å². The molecule has 0 bridgehead atoms. The zero-order valence-electron chi connectivity index (χ0n) is 20.6. The topological polar surface area (TPSA) is 61.4 Å². The second-order valence-electron chi connectivity index (χ2n) is 8.76. The Labute approximate surface area is 217 Å². The van der Waals surface area contributed by atoms with Crippen LogP contribution in [0.25, 0.3) is 0 Å². The molecule has 2 heterocycles. The van der Waals surface area contributed by atoms with Crippen LogP contribution in [0.15, 0.2) is 29.3 Å². The minimum Gasteiger partial charge on any atom is -0.381 e. The van der Waals surface area contributed by atoms with Crippen LogP contribution in [-0.4, -0.2) is 88.0 Å². The van der Waals surface area contributed by atoms with E-state index in [1.807, 2.05) is 0 Å². The van der Waals surface area contributed by atoms with E-state index in [4.69, 9.17) is 14.5 Å². The van der Waals surface area contributed by atoms with Crippen molar-refractivity contribution < 1.29 is 9.47 Å². The zero-order chi connectivity index (χ0) is 22.4. The molecule has 1 unspecified atom stereocenters. The van der Waals surface area contributed by atoms with Gasteiger partial charge in [0.1, 0.15) is 0 Å². The summed E-state index contributed by atoms with van der Waals surface area (Å²) in [5.74, 6) is 1.46. The number of aliphatic imine (C=N–C) groups is 1. The number of nitrogens with one attached hydrogen (secondary N) is 2. The van der Waals surface area contributed by atoms with Crippen molar-refractivity contribution in [3.63, 3.8) is 0 Å². The van der Waals surface area contributed by atoms with E-state index in [1.54, 1.807) is 0 Å². The lowest BCUT2D eigenvalue weighted by Gasteiger charge is -2.34. The molecule has 0 radical (unpaired) electrons. The fraction of sp³-hybridized carbons (Fsp3) is 0.720. The van der Waals surface area contributed by atoms with Gasteiger partial charge in [0.25, 0.3) is 0 Å². The predicted molar refractivity (Wildman–Crippen MR) is 146 cm³/mol. The lowest BCUT2D eigenvalue weighted by molar-refractivity contribution is 0.0888. The highest BCUT2D eigenvalue weighted by molar-refractivity contribution is 14.0. The van der Waals surface area contributed by atoms with Crippen LogP contribution in [0.4, 0.5) is 0 Å². The largest absolute Gasteiger partial charge is 0.381 e. The number of benzene rings is 1. The number of guanidine groups is 1. The van der Waals surface area contributed by atoms with E-state index in [1.165, 1.54) is 24.2 Å². The Balaban J connectivity index is 0.00000385. The smallest absolute Gasteiger partial charge is 0.191 e. The van der Waals surface area contributed by atoms with Crippen LogP contribution >= 0.6 is 24.0 Å². The van der Waals surface area contributed by atoms with Crippen molar-refractivity contribution in [2.45, 2.75) is 39.8 Å². The van der Waals surface area contributed by atoms with Crippen molar-refractivity contribution in [2.75, 3.05) is 72.2 Å². The number of hydrogen-bond donors (Lipinski definition) is 2. The van der Waals surface area contributed by atoms with Gasteiger partial charge in [-0.2, -0.15) is 0 Å². The molecule has 0 aromatic heterocycles. The minimum atomic E-state index is 0. The van der Waals surface area contributed by atoms with Crippen molar-refractivity contribution in [3.8, 4) is 0 Å². The average Bonchev–Trinajstić information content (AvgIpc) is 3.34. The fourth-order valence-corrected chi connectivity index (χ4v) is 4.22. The summed E-state index contributed by atoms with van der Waals surface area (Å²) in [5, 5.41) is 6.82. The quantitative estimate of drug-likeness (QED) is 0.174. The van der Waals surface area contributed by atoms with E-state index >= 15 is 0 Å². The highest BCUT2D eigenvalue weighted by Gasteiger charge is 2.17. The average molecular weight is 574 g/mol.